The van der Waals surface area contributed by atoms with Crippen molar-refractivity contribution in [1.82, 2.24) is 10.0 Å². The smallest absolute Gasteiger partial charge is 0.328 e. The molecule has 0 bridgehead atoms. The molecule has 0 fully saturated rings. The molecule has 112 valence electrons. The van der Waals surface area contributed by atoms with Crippen LogP contribution >= 0.6 is 0 Å². The average Bonchev–Trinajstić information content (AvgIpc) is 2.38. The van der Waals surface area contributed by atoms with Crippen molar-refractivity contribution in [3.8, 4) is 5.75 Å². The first-order valence-electron chi connectivity index (χ1n) is 6.20. The number of sulfonamides is 1. The molecule has 1 aromatic carbocycles. The van der Waals surface area contributed by atoms with E-state index in [0.717, 1.165) is 6.42 Å². The van der Waals surface area contributed by atoms with Gasteiger partial charge in [-0.25, -0.2) is 17.9 Å². The van der Waals surface area contributed by atoms with Crippen molar-refractivity contribution in [2.24, 2.45) is 0 Å². The Balaban J connectivity index is 2.40. The summed E-state index contributed by atoms with van der Waals surface area (Å²) in [5.41, 5.74) is 6.08. The number of para-hydroxylation sites is 2. The lowest BCUT2D eigenvalue weighted by Crippen LogP contribution is -2.41. The molecule has 0 aromatic heterocycles. The topological polar surface area (TPSA) is 111 Å². The fourth-order valence-corrected chi connectivity index (χ4v) is 2.10. The Morgan fingerprint density at radius 2 is 2.05 bits per heavy atom. The SMILES string of the molecule is CCCNC(=O)NS(=O)(=O)CCOc1ccccc1N. The Morgan fingerprint density at radius 3 is 2.70 bits per heavy atom. The van der Waals surface area contributed by atoms with Crippen LogP contribution in [0, 0.1) is 0 Å². The second-order valence-corrected chi connectivity index (χ2v) is 5.90. The Kier molecular flexibility index (Phi) is 6.10. The number of ether oxygens (including phenoxy) is 1. The van der Waals surface area contributed by atoms with Crippen molar-refractivity contribution < 1.29 is 17.9 Å². The minimum Gasteiger partial charge on any atom is -0.490 e. The molecule has 0 aliphatic rings. The van der Waals surface area contributed by atoms with Crippen molar-refractivity contribution >= 4 is 21.7 Å². The molecule has 0 aliphatic carbocycles. The van der Waals surface area contributed by atoms with Crippen LogP contribution < -0.4 is 20.5 Å². The zero-order valence-electron chi connectivity index (χ0n) is 11.3. The number of nitrogens with one attached hydrogen (secondary N) is 2. The van der Waals surface area contributed by atoms with Crippen LogP contribution in [0.1, 0.15) is 13.3 Å². The zero-order chi connectivity index (χ0) is 15.0. The third-order valence-electron chi connectivity index (χ3n) is 2.31. The third-order valence-corrected chi connectivity index (χ3v) is 3.51. The molecule has 0 saturated carbocycles. The largest absolute Gasteiger partial charge is 0.490 e. The number of rotatable bonds is 7. The quantitative estimate of drug-likeness (QED) is 0.642. The van der Waals surface area contributed by atoms with Gasteiger partial charge in [0.1, 0.15) is 18.1 Å². The summed E-state index contributed by atoms with van der Waals surface area (Å²) in [6, 6.07) is 6.05. The highest BCUT2D eigenvalue weighted by atomic mass is 32.2. The zero-order valence-corrected chi connectivity index (χ0v) is 12.1. The minimum atomic E-state index is -3.72. The summed E-state index contributed by atoms with van der Waals surface area (Å²) in [5.74, 6) is 0.0825. The number of hydrogen-bond donors (Lipinski definition) is 3. The molecule has 8 heteroatoms. The van der Waals surface area contributed by atoms with Crippen molar-refractivity contribution in [3.63, 3.8) is 0 Å². The van der Waals surface area contributed by atoms with Crippen LogP contribution in [-0.2, 0) is 10.0 Å². The summed E-state index contributed by atoms with van der Waals surface area (Å²) in [6.45, 7) is 2.19. The monoisotopic (exact) mass is 301 g/mol. The summed E-state index contributed by atoms with van der Waals surface area (Å²) in [5, 5.41) is 2.42. The Hall–Kier alpha value is -1.96. The first-order valence-corrected chi connectivity index (χ1v) is 7.85. The number of carbonyl (C=O) groups excluding carboxylic acids is 1. The van der Waals surface area contributed by atoms with Gasteiger partial charge in [0.25, 0.3) is 0 Å². The Morgan fingerprint density at radius 1 is 1.35 bits per heavy atom. The van der Waals surface area contributed by atoms with Crippen LogP contribution in [0.2, 0.25) is 0 Å². The van der Waals surface area contributed by atoms with Crippen LogP contribution in [0.25, 0.3) is 0 Å². The normalized spacial score (nSPS) is 10.8. The summed E-state index contributed by atoms with van der Waals surface area (Å²) < 4.78 is 30.4. The van der Waals surface area contributed by atoms with E-state index in [-0.39, 0.29) is 12.4 Å². The van der Waals surface area contributed by atoms with E-state index in [1.165, 1.54) is 0 Å². The second-order valence-electron chi connectivity index (χ2n) is 4.06. The maximum absolute atomic E-state index is 11.6. The summed E-state index contributed by atoms with van der Waals surface area (Å²) in [6.07, 6.45) is 0.726. The molecule has 0 spiro atoms. The van der Waals surface area contributed by atoms with Crippen LogP contribution in [0.15, 0.2) is 24.3 Å². The van der Waals surface area contributed by atoms with Crippen molar-refractivity contribution in [1.29, 1.82) is 0 Å². The average molecular weight is 301 g/mol. The number of benzene rings is 1. The highest BCUT2D eigenvalue weighted by Crippen LogP contribution is 2.19. The summed E-state index contributed by atoms with van der Waals surface area (Å²) in [7, 11) is -3.72. The van der Waals surface area contributed by atoms with Crippen LogP contribution in [0.4, 0.5) is 10.5 Å². The maximum Gasteiger partial charge on any atom is 0.328 e. The van der Waals surface area contributed by atoms with Gasteiger partial charge >= 0.3 is 6.03 Å². The molecule has 4 N–H and O–H groups in total. The first-order chi connectivity index (χ1) is 9.44. The molecule has 0 aliphatic heterocycles. The molecule has 0 unspecified atom stereocenters. The molecule has 0 heterocycles. The van der Waals surface area contributed by atoms with Gasteiger partial charge in [0.15, 0.2) is 0 Å². The Bertz CT molecular complexity index is 545. The van der Waals surface area contributed by atoms with Crippen LogP contribution in [0.5, 0.6) is 5.75 Å². The molecular formula is C12H19N3O4S. The number of amides is 2. The molecular weight excluding hydrogens is 282 g/mol. The maximum atomic E-state index is 11.6. The van der Waals surface area contributed by atoms with Crippen LogP contribution in [-0.4, -0.2) is 33.4 Å². The van der Waals surface area contributed by atoms with Crippen LogP contribution in [0.3, 0.4) is 0 Å². The highest BCUT2D eigenvalue weighted by molar-refractivity contribution is 7.90. The van der Waals surface area contributed by atoms with Crippen molar-refractivity contribution in [3.05, 3.63) is 24.3 Å². The lowest BCUT2D eigenvalue weighted by Gasteiger charge is -2.10. The van der Waals surface area contributed by atoms with E-state index < -0.39 is 16.1 Å². The van der Waals surface area contributed by atoms with Gasteiger partial charge in [-0.15, -0.1) is 0 Å². The van der Waals surface area contributed by atoms with E-state index in [1.807, 2.05) is 11.6 Å². The van der Waals surface area contributed by atoms with E-state index in [2.05, 4.69) is 5.32 Å². The van der Waals surface area contributed by atoms with E-state index in [0.29, 0.717) is 18.0 Å². The molecule has 20 heavy (non-hydrogen) atoms. The number of carbonyl (C=O) groups is 1. The third kappa shape index (κ3) is 5.79. The predicted molar refractivity (Wildman–Crippen MR) is 77.0 cm³/mol. The van der Waals surface area contributed by atoms with Gasteiger partial charge in [0.2, 0.25) is 10.0 Å². The summed E-state index contributed by atoms with van der Waals surface area (Å²) >= 11 is 0. The van der Waals surface area contributed by atoms with Gasteiger partial charge in [-0.1, -0.05) is 19.1 Å². The van der Waals surface area contributed by atoms with E-state index in [1.54, 1.807) is 24.3 Å². The van der Waals surface area contributed by atoms with Gasteiger partial charge in [-0.2, -0.15) is 0 Å². The lowest BCUT2D eigenvalue weighted by atomic mass is 10.3. The molecule has 1 aromatic rings. The van der Waals surface area contributed by atoms with E-state index in [9.17, 15) is 13.2 Å². The molecule has 0 atom stereocenters. The van der Waals surface area contributed by atoms with Gasteiger partial charge < -0.3 is 15.8 Å². The molecule has 0 radical (unpaired) electrons. The number of anilines is 1. The van der Waals surface area contributed by atoms with Crippen molar-refractivity contribution in [2.45, 2.75) is 13.3 Å². The molecule has 7 nitrogen and oxygen atoms in total. The van der Waals surface area contributed by atoms with Gasteiger partial charge in [0, 0.05) is 6.54 Å². The van der Waals surface area contributed by atoms with Gasteiger partial charge in [-0.3, -0.25) is 0 Å². The fourth-order valence-electron chi connectivity index (χ4n) is 1.34. The molecule has 0 saturated heterocycles. The standard InChI is InChI=1S/C12H19N3O4S/c1-2-7-14-12(16)15-20(17,18)9-8-19-11-6-4-3-5-10(11)13/h3-6H,2,7-9,13H2,1H3,(H2,14,15,16). The number of urea groups is 1. The van der Waals surface area contributed by atoms with Gasteiger partial charge in [-0.05, 0) is 18.6 Å². The Labute approximate surface area is 118 Å². The number of nitrogens with two attached hydrogens (primary N) is 1. The second kappa shape index (κ2) is 7.59. The van der Waals surface area contributed by atoms with Crippen molar-refractivity contribution in [2.75, 3.05) is 24.6 Å². The fraction of sp³-hybridized carbons (Fsp3) is 0.417. The number of hydrogen-bond acceptors (Lipinski definition) is 5. The predicted octanol–water partition coefficient (Wildman–Crippen LogP) is 0.687. The summed E-state index contributed by atoms with van der Waals surface area (Å²) in [4.78, 5) is 11.2. The molecule has 2 amide bonds. The minimum absolute atomic E-state index is 0.0927. The first kappa shape index (κ1) is 16.1. The highest BCUT2D eigenvalue weighted by Gasteiger charge is 2.14. The lowest BCUT2D eigenvalue weighted by molar-refractivity contribution is 0.245. The van der Waals surface area contributed by atoms with E-state index in [4.69, 9.17) is 10.5 Å². The van der Waals surface area contributed by atoms with E-state index >= 15 is 0 Å². The molecule has 1 rings (SSSR count). The number of nitrogen functional groups attached to an aromatic ring is 1. The van der Waals surface area contributed by atoms with Gasteiger partial charge in [0.05, 0.1) is 5.69 Å².